The van der Waals surface area contributed by atoms with Crippen LogP contribution in [-0.4, -0.2) is 0 Å². The molecule has 0 bridgehead atoms. The number of benzene rings is 2. The standard InChI is InChI=1S/C12H9ClFPS/c13-15(16,11-4-2-1-3-5-11)12-8-6-10(14)7-9-12/h1-9H. The fourth-order valence-corrected chi connectivity index (χ4v) is 4.19. The highest BCUT2D eigenvalue weighted by Crippen LogP contribution is 2.48. The lowest BCUT2D eigenvalue weighted by molar-refractivity contribution is 0.628. The second-order valence-corrected chi connectivity index (χ2v) is 9.21. The average Bonchev–Trinajstić information content (AvgIpc) is 2.31. The van der Waals surface area contributed by atoms with Crippen LogP contribution in [0.2, 0.25) is 0 Å². The highest BCUT2D eigenvalue weighted by molar-refractivity contribution is 8.34. The van der Waals surface area contributed by atoms with Crippen LogP contribution in [0, 0.1) is 5.82 Å². The lowest BCUT2D eigenvalue weighted by atomic mass is 10.3. The Bertz CT molecular complexity index is 524. The summed E-state index contributed by atoms with van der Waals surface area (Å²) in [7, 11) is 0. The van der Waals surface area contributed by atoms with Gasteiger partial charge in [0.2, 0.25) is 0 Å². The third-order valence-electron chi connectivity index (χ3n) is 2.25. The molecule has 2 aromatic rings. The lowest BCUT2D eigenvalue weighted by Gasteiger charge is -2.14. The number of rotatable bonds is 2. The second kappa shape index (κ2) is 4.67. The molecule has 4 heteroatoms. The first-order chi connectivity index (χ1) is 7.60. The Labute approximate surface area is 104 Å². The molecule has 2 aromatic carbocycles. The predicted octanol–water partition coefficient (Wildman–Crippen LogP) is 3.41. The van der Waals surface area contributed by atoms with Gasteiger partial charge in [-0.05, 0) is 24.3 Å². The molecule has 0 aliphatic heterocycles. The van der Waals surface area contributed by atoms with Crippen molar-refractivity contribution in [2.24, 2.45) is 0 Å². The van der Waals surface area contributed by atoms with Crippen LogP contribution < -0.4 is 10.6 Å². The summed E-state index contributed by atoms with van der Waals surface area (Å²) in [6.45, 7) is 0. The molecule has 1 atom stereocenters. The normalized spacial score (nSPS) is 14.4. The van der Waals surface area contributed by atoms with Gasteiger partial charge < -0.3 is 0 Å². The number of halogens is 2. The Morgan fingerprint density at radius 3 is 1.94 bits per heavy atom. The molecule has 0 N–H and O–H groups in total. The molecule has 2 rings (SSSR count). The van der Waals surface area contributed by atoms with Crippen molar-refractivity contribution in [1.82, 2.24) is 0 Å². The van der Waals surface area contributed by atoms with E-state index in [9.17, 15) is 4.39 Å². The zero-order chi connectivity index (χ0) is 11.6. The van der Waals surface area contributed by atoms with Crippen molar-refractivity contribution >= 4 is 39.0 Å². The molecule has 0 spiro atoms. The van der Waals surface area contributed by atoms with Gasteiger partial charge in [0.25, 0.3) is 0 Å². The van der Waals surface area contributed by atoms with E-state index in [1.165, 1.54) is 12.1 Å². The molecule has 0 nitrogen and oxygen atoms in total. The largest absolute Gasteiger partial charge is 0.207 e. The highest BCUT2D eigenvalue weighted by Gasteiger charge is 2.18. The minimum Gasteiger partial charge on any atom is -0.207 e. The molecule has 0 saturated carbocycles. The first-order valence-corrected chi connectivity index (χ1v) is 8.43. The molecule has 0 aliphatic carbocycles. The van der Waals surface area contributed by atoms with E-state index in [-0.39, 0.29) is 5.82 Å². The Hall–Kier alpha value is -0.690. The summed E-state index contributed by atoms with van der Waals surface area (Å²) in [5.74, 6) is -0.275. The topological polar surface area (TPSA) is 0 Å². The second-order valence-electron chi connectivity index (χ2n) is 3.34. The maximum absolute atomic E-state index is 12.8. The number of hydrogen-bond donors (Lipinski definition) is 0. The third-order valence-corrected chi connectivity index (χ3v) is 6.61. The van der Waals surface area contributed by atoms with Gasteiger partial charge in [-0.1, -0.05) is 53.4 Å². The molecule has 0 aromatic heterocycles. The van der Waals surface area contributed by atoms with Crippen molar-refractivity contribution in [2.75, 3.05) is 0 Å². The van der Waals surface area contributed by atoms with E-state index in [1.54, 1.807) is 12.1 Å². The summed E-state index contributed by atoms with van der Waals surface area (Å²) in [6.07, 6.45) is 0. The lowest BCUT2D eigenvalue weighted by Crippen LogP contribution is -2.11. The Morgan fingerprint density at radius 1 is 0.875 bits per heavy atom. The first-order valence-electron chi connectivity index (χ1n) is 4.72. The van der Waals surface area contributed by atoms with Crippen LogP contribution in [0.25, 0.3) is 0 Å². The zero-order valence-corrected chi connectivity index (χ0v) is 10.8. The first kappa shape index (κ1) is 11.8. The Kier molecular flexibility index (Phi) is 3.44. The molecular formula is C12H9ClFPS. The predicted molar refractivity (Wildman–Crippen MR) is 72.2 cm³/mol. The third kappa shape index (κ3) is 2.35. The zero-order valence-electron chi connectivity index (χ0n) is 8.31. The summed E-state index contributed by atoms with van der Waals surface area (Å²) in [5, 5.41) is -0.533. The fraction of sp³-hybridized carbons (Fsp3) is 0. The molecule has 16 heavy (non-hydrogen) atoms. The van der Waals surface area contributed by atoms with E-state index < -0.39 is 5.39 Å². The molecule has 0 radical (unpaired) electrons. The van der Waals surface area contributed by atoms with Gasteiger partial charge in [-0.2, -0.15) is 0 Å². The summed E-state index contributed by atoms with van der Waals surface area (Å²) in [4.78, 5) is 0. The van der Waals surface area contributed by atoms with Crippen molar-refractivity contribution in [3.63, 3.8) is 0 Å². The minimum absolute atomic E-state index is 0.275. The van der Waals surface area contributed by atoms with Crippen molar-refractivity contribution in [1.29, 1.82) is 0 Å². The van der Waals surface area contributed by atoms with Gasteiger partial charge in [0.1, 0.15) is 5.82 Å². The maximum atomic E-state index is 12.8. The molecule has 82 valence electrons. The molecule has 0 aliphatic rings. The Balaban J connectivity index is 2.47. The summed E-state index contributed by atoms with van der Waals surface area (Å²) in [5.41, 5.74) is 0. The van der Waals surface area contributed by atoms with Crippen LogP contribution in [0.4, 0.5) is 4.39 Å². The van der Waals surface area contributed by atoms with E-state index in [0.29, 0.717) is 0 Å². The van der Waals surface area contributed by atoms with E-state index in [2.05, 4.69) is 0 Å². The van der Waals surface area contributed by atoms with Gasteiger partial charge in [0.05, 0.1) is 5.39 Å². The number of hydrogen-bond acceptors (Lipinski definition) is 1. The van der Waals surface area contributed by atoms with Gasteiger partial charge in [0.15, 0.2) is 0 Å². The van der Waals surface area contributed by atoms with Gasteiger partial charge in [-0.3, -0.25) is 0 Å². The smallest absolute Gasteiger partial charge is 0.123 e. The summed E-state index contributed by atoms with van der Waals surface area (Å²) < 4.78 is 12.8. The highest BCUT2D eigenvalue weighted by atomic mass is 35.7. The quantitative estimate of drug-likeness (QED) is 0.754. The summed E-state index contributed by atoms with van der Waals surface area (Å²) >= 11 is 11.9. The van der Waals surface area contributed by atoms with Crippen LogP contribution in [0.1, 0.15) is 0 Å². The van der Waals surface area contributed by atoms with Crippen molar-refractivity contribution < 1.29 is 4.39 Å². The average molecular weight is 271 g/mol. The molecular weight excluding hydrogens is 262 g/mol. The van der Waals surface area contributed by atoms with Gasteiger partial charge in [-0.15, -0.1) is 0 Å². The van der Waals surface area contributed by atoms with Crippen molar-refractivity contribution in [2.45, 2.75) is 0 Å². The van der Waals surface area contributed by atoms with E-state index in [0.717, 1.165) is 10.6 Å². The molecule has 1 unspecified atom stereocenters. The molecule has 0 heterocycles. The molecule has 0 fully saturated rings. The molecule has 0 saturated heterocycles. The maximum Gasteiger partial charge on any atom is 0.123 e. The van der Waals surface area contributed by atoms with Crippen LogP contribution in [0.5, 0.6) is 0 Å². The van der Waals surface area contributed by atoms with Crippen LogP contribution >= 0.6 is 16.6 Å². The SMILES string of the molecule is Fc1ccc(P(=S)(Cl)c2ccccc2)cc1. The van der Waals surface area contributed by atoms with Gasteiger partial charge in [0, 0.05) is 10.6 Å². The van der Waals surface area contributed by atoms with E-state index in [4.69, 9.17) is 23.0 Å². The van der Waals surface area contributed by atoms with E-state index >= 15 is 0 Å². The van der Waals surface area contributed by atoms with Gasteiger partial charge >= 0.3 is 0 Å². The summed E-state index contributed by atoms with van der Waals surface area (Å²) in [6, 6.07) is 15.7. The van der Waals surface area contributed by atoms with Crippen LogP contribution in [0.3, 0.4) is 0 Å². The van der Waals surface area contributed by atoms with Crippen molar-refractivity contribution in [3.05, 3.63) is 60.4 Å². The van der Waals surface area contributed by atoms with Crippen LogP contribution in [-0.2, 0) is 11.8 Å². The molecule has 0 amide bonds. The van der Waals surface area contributed by atoms with Crippen molar-refractivity contribution in [3.8, 4) is 0 Å². The monoisotopic (exact) mass is 270 g/mol. The fourth-order valence-electron chi connectivity index (χ4n) is 1.40. The van der Waals surface area contributed by atoms with Gasteiger partial charge in [-0.25, -0.2) is 4.39 Å². The van der Waals surface area contributed by atoms with Crippen LogP contribution in [0.15, 0.2) is 54.6 Å². The minimum atomic E-state index is -2.28. The Morgan fingerprint density at radius 2 is 1.38 bits per heavy atom. The van der Waals surface area contributed by atoms with E-state index in [1.807, 2.05) is 30.3 Å².